The maximum atomic E-state index is 13.1. The van der Waals surface area contributed by atoms with Crippen LogP contribution in [-0.4, -0.2) is 100 Å². The Bertz CT molecular complexity index is 1010. The number of nitrogens with one attached hydrogen (secondary N) is 3. The van der Waals surface area contributed by atoms with Crippen LogP contribution in [0, 0.1) is 11.8 Å². The van der Waals surface area contributed by atoms with Gasteiger partial charge in [-0.2, -0.15) is 13.2 Å². The molecule has 0 saturated carbocycles. The number of likely N-dealkylation sites (N-methyl/N-ethyl adjacent to an activating group) is 1. The van der Waals surface area contributed by atoms with Gasteiger partial charge in [0.05, 0.1) is 19.8 Å². The molecule has 43 heavy (non-hydrogen) atoms. The zero-order chi connectivity index (χ0) is 31.8. The van der Waals surface area contributed by atoms with Gasteiger partial charge in [-0.3, -0.25) is 0 Å². The standard InChI is InChI=1S/C26H41ClN4O5.C2HF3O2/c1-28-23(14-19-6-5-12-35-18-19)16-30-25(32)31-11-4-8-21(17-31)24(20-7-3-9-22(27)15-20)36-13-10-29-26(33)34-2;3-2(4,5)1(6)7/h3,7,9,15,19,21,23-24,28H,4-6,8,10-14,16-18H2,1-2H3,(H,29,33)(H,30,32);(H,6,7)/t19-,21?,23+,24+;/m1./s1. The Kier molecular flexibility index (Phi) is 15.9. The van der Waals surface area contributed by atoms with Crippen LogP contribution in [0.25, 0.3) is 0 Å². The number of hydrogen-bond donors (Lipinski definition) is 4. The predicted octanol–water partition coefficient (Wildman–Crippen LogP) is 4.21. The van der Waals surface area contributed by atoms with Crippen molar-refractivity contribution in [3.63, 3.8) is 0 Å². The number of alkyl halides is 3. The van der Waals surface area contributed by atoms with E-state index in [1.165, 1.54) is 13.5 Å². The molecule has 0 aliphatic carbocycles. The number of likely N-dealkylation sites (tertiary alicyclic amines) is 1. The summed E-state index contributed by atoms with van der Waals surface area (Å²) in [6.45, 7) is 4.21. The van der Waals surface area contributed by atoms with Gasteiger partial charge in [0.2, 0.25) is 0 Å². The first-order valence-electron chi connectivity index (χ1n) is 14.2. The molecule has 11 nitrogen and oxygen atoms in total. The number of carboxylic acids is 1. The number of methoxy groups -OCH3 is 1. The lowest BCUT2D eigenvalue weighted by Crippen LogP contribution is -2.50. The normalized spacial score (nSPS) is 20.2. The molecule has 2 saturated heterocycles. The van der Waals surface area contributed by atoms with Crippen molar-refractivity contribution in [2.45, 2.75) is 50.4 Å². The molecule has 4 atom stereocenters. The maximum Gasteiger partial charge on any atom is 0.490 e. The Morgan fingerprint density at radius 1 is 1.21 bits per heavy atom. The number of aliphatic carboxylic acids is 1. The number of piperidine rings is 1. The van der Waals surface area contributed by atoms with Crippen molar-refractivity contribution < 1.29 is 46.9 Å². The molecule has 2 fully saturated rings. The Labute approximate surface area is 254 Å². The summed E-state index contributed by atoms with van der Waals surface area (Å²) < 4.78 is 48.2. The van der Waals surface area contributed by atoms with E-state index in [2.05, 4.69) is 20.7 Å². The van der Waals surface area contributed by atoms with Crippen LogP contribution in [0.2, 0.25) is 5.02 Å². The topological polar surface area (TPSA) is 138 Å². The highest BCUT2D eigenvalue weighted by molar-refractivity contribution is 6.30. The number of carbonyl (C=O) groups excluding carboxylic acids is 2. The van der Waals surface area contributed by atoms with E-state index in [0.29, 0.717) is 37.2 Å². The monoisotopic (exact) mass is 638 g/mol. The van der Waals surface area contributed by atoms with Gasteiger partial charge in [-0.05, 0) is 62.8 Å². The number of hydrogen-bond acceptors (Lipinski definition) is 7. The number of ether oxygens (including phenoxy) is 3. The molecule has 1 aromatic rings. The van der Waals surface area contributed by atoms with Crippen LogP contribution in [-0.2, 0) is 19.0 Å². The molecule has 0 radical (unpaired) electrons. The van der Waals surface area contributed by atoms with Gasteiger partial charge in [-0.25, -0.2) is 14.4 Å². The smallest absolute Gasteiger partial charge is 0.475 e. The quantitative estimate of drug-likeness (QED) is 0.265. The van der Waals surface area contributed by atoms with Gasteiger partial charge in [-0.1, -0.05) is 23.7 Å². The van der Waals surface area contributed by atoms with Crippen LogP contribution >= 0.6 is 11.6 Å². The fourth-order valence-corrected chi connectivity index (χ4v) is 5.26. The minimum Gasteiger partial charge on any atom is -0.475 e. The van der Waals surface area contributed by atoms with Crippen LogP contribution in [0.4, 0.5) is 22.8 Å². The summed E-state index contributed by atoms with van der Waals surface area (Å²) in [5.74, 6) is -2.11. The van der Waals surface area contributed by atoms with E-state index in [0.717, 1.165) is 51.0 Å². The van der Waals surface area contributed by atoms with Crippen molar-refractivity contribution in [3.05, 3.63) is 34.9 Å². The van der Waals surface area contributed by atoms with E-state index >= 15 is 0 Å². The van der Waals surface area contributed by atoms with E-state index in [4.69, 9.17) is 31.0 Å². The Hall–Kier alpha value is -2.81. The number of nitrogens with zero attached hydrogens (tertiary/aromatic N) is 1. The van der Waals surface area contributed by atoms with E-state index in [1.54, 1.807) is 0 Å². The molecule has 2 aliphatic heterocycles. The summed E-state index contributed by atoms with van der Waals surface area (Å²) in [5.41, 5.74) is 0.970. The van der Waals surface area contributed by atoms with Gasteiger partial charge >= 0.3 is 24.3 Å². The number of urea groups is 1. The summed E-state index contributed by atoms with van der Waals surface area (Å²) in [6.07, 6.45) is -0.703. The van der Waals surface area contributed by atoms with Crippen LogP contribution in [0.15, 0.2) is 24.3 Å². The van der Waals surface area contributed by atoms with Crippen molar-refractivity contribution in [1.82, 2.24) is 20.9 Å². The molecule has 1 aromatic carbocycles. The fraction of sp³-hybridized carbons (Fsp3) is 0.679. The van der Waals surface area contributed by atoms with Gasteiger partial charge in [0.25, 0.3) is 0 Å². The number of carboxylic acid groups (broad SMARTS) is 1. The fourth-order valence-electron chi connectivity index (χ4n) is 5.06. The van der Waals surface area contributed by atoms with Crippen LogP contribution in [0.5, 0.6) is 0 Å². The first-order chi connectivity index (χ1) is 20.4. The molecule has 1 unspecified atom stereocenters. The molecule has 0 bridgehead atoms. The zero-order valence-electron chi connectivity index (χ0n) is 24.5. The minimum absolute atomic E-state index is 0.0444. The van der Waals surface area contributed by atoms with E-state index in [1.807, 2.05) is 36.2 Å². The highest BCUT2D eigenvalue weighted by Crippen LogP contribution is 2.34. The average Bonchev–Trinajstić information content (AvgIpc) is 2.99. The molecule has 244 valence electrons. The van der Waals surface area contributed by atoms with Gasteiger partial charge in [0.15, 0.2) is 0 Å². The number of halogens is 4. The SMILES string of the molecule is CN[C@H](CNC(=O)N1CCCC([C@@H](OCCNC(=O)OC)c2cccc(Cl)c2)C1)C[C@H]1CCCOC1.O=C(O)C(F)(F)F. The molecule has 2 aliphatic rings. The summed E-state index contributed by atoms with van der Waals surface area (Å²) in [5, 5.41) is 16.9. The molecule has 0 aromatic heterocycles. The molecule has 4 N–H and O–H groups in total. The molecule has 15 heteroatoms. The van der Waals surface area contributed by atoms with Crippen molar-refractivity contribution in [2.24, 2.45) is 11.8 Å². The molecule has 3 rings (SSSR count). The number of carbonyl (C=O) groups is 3. The third-order valence-corrected chi connectivity index (χ3v) is 7.46. The summed E-state index contributed by atoms with van der Waals surface area (Å²) in [7, 11) is 3.27. The Morgan fingerprint density at radius 3 is 2.56 bits per heavy atom. The molecular formula is C28H42ClF3N4O7. The zero-order valence-corrected chi connectivity index (χ0v) is 25.2. The second kappa shape index (κ2) is 18.8. The number of benzene rings is 1. The van der Waals surface area contributed by atoms with E-state index in [-0.39, 0.29) is 24.1 Å². The van der Waals surface area contributed by atoms with Crippen molar-refractivity contribution in [2.75, 3.05) is 60.2 Å². The van der Waals surface area contributed by atoms with Crippen molar-refractivity contribution in [3.8, 4) is 0 Å². The van der Waals surface area contributed by atoms with Gasteiger partial charge in [0, 0.05) is 56.4 Å². The summed E-state index contributed by atoms with van der Waals surface area (Å²) in [4.78, 5) is 35.2. The summed E-state index contributed by atoms with van der Waals surface area (Å²) in [6, 6.07) is 7.81. The highest BCUT2D eigenvalue weighted by Gasteiger charge is 2.38. The van der Waals surface area contributed by atoms with Crippen LogP contribution < -0.4 is 16.0 Å². The first-order valence-corrected chi connectivity index (χ1v) is 14.6. The number of rotatable bonds is 11. The maximum absolute atomic E-state index is 13.1. The van der Waals surface area contributed by atoms with E-state index in [9.17, 15) is 22.8 Å². The third kappa shape index (κ3) is 13.6. The first kappa shape index (κ1) is 36.4. The molecule has 2 heterocycles. The van der Waals surface area contributed by atoms with Gasteiger partial charge in [-0.15, -0.1) is 0 Å². The van der Waals surface area contributed by atoms with Gasteiger partial charge < -0.3 is 40.2 Å². The predicted molar refractivity (Wildman–Crippen MR) is 153 cm³/mol. The summed E-state index contributed by atoms with van der Waals surface area (Å²) >= 11 is 6.27. The lowest BCUT2D eigenvalue weighted by atomic mass is 9.88. The van der Waals surface area contributed by atoms with Crippen LogP contribution in [0.3, 0.4) is 0 Å². The second-order valence-electron chi connectivity index (χ2n) is 10.4. The van der Waals surface area contributed by atoms with E-state index < -0.39 is 18.2 Å². The third-order valence-electron chi connectivity index (χ3n) is 7.23. The van der Waals surface area contributed by atoms with Gasteiger partial charge in [0.1, 0.15) is 0 Å². The van der Waals surface area contributed by atoms with Crippen LogP contribution in [0.1, 0.15) is 43.8 Å². The Morgan fingerprint density at radius 2 is 1.95 bits per heavy atom. The number of alkyl carbamates (subject to hydrolysis) is 1. The highest BCUT2D eigenvalue weighted by atomic mass is 35.5. The lowest BCUT2D eigenvalue weighted by molar-refractivity contribution is -0.192. The average molecular weight is 639 g/mol. The molecular weight excluding hydrogens is 597 g/mol. The minimum atomic E-state index is -5.08. The largest absolute Gasteiger partial charge is 0.490 e. The second-order valence-corrected chi connectivity index (χ2v) is 10.8. The number of amides is 3. The van der Waals surface area contributed by atoms with Crippen molar-refractivity contribution in [1.29, 1.82) is 0 Å². The molecule has 0 spiro atoms. The Balaban J connectivity index is 0.000000821. The molecule has 3 amide bonds. The van der Waals surface area contributed by atoms with Crippen molar-refractivity contribution >= 4 is 29.7 Å². The lowest BCUT2D eigenvalue weighted by Gasteiger charge is -2.37.